The number of hydrogen-bond donors (Lipinski definition) is 1. The van der Waals surface area contributed by atoms with E-state index in [4.69, 9.17) is 9.47 Å². The molecule has 142 valence electrons. The Morgan fingerprint density at radius 2 is 1.70 bits per heavy atom. The summed E-state index contributed by atoms with van der Waals surface area (Å²) in [5, 5.41) is 3.05. The molecule has 0 spiro atoms. The summed E-state index contributed by atoms with van der Waals surface area (Å²) >= 11 is 0. The summed E-state index contributed by atoms with van der Waals surface area (Å²) in [7, 11) is 3.11. The molecule has 0 radical (unpaired) electrons. The first-order chi connectivity index (χ1) is 13.1. The molecule has 0 atom stereocenters. The van der Waals surface area contributed by atoms with Gasteiger partial charge in [-0.15, -0.1) is 0 Å². The predicted octanol–water partition coefficient (Wildman–Crippen LogP) is 2.74. The Balaban J connectivity index is 1.59. The van der Waals surface area contributed by atoms with Gasteiger partial charge >= 0.3 is 0 Å². The van der Waals surface area contributed by atoms with E-state index in [1.807, 2.05) is 18.2 Å². The minimum Gasteiger partial charge on any atom is -0.497 e. The summed E-state index contributed by atoms with van der Waals surface area (Å²) in [5.74, 6) is 1.00. The smallest absolute Gasteiger partial charge is 0.257 e. The van der Waals surface area contributed by atoms with E-state index in [9.17, 15) is 9.59 Å². The maximum Gasteiger partial charge on any atom is 0.257 e. The molecule has 1 fully saturated rings. The fourth-order valence-electron chi connectivity index (χ4n) is 3.23. The molecule has 2 aromatic carbocycles. The minimum atomic E-state index is -0.0720. The third-order valence-corrected chi connectivity index (χ3v) is 4.79. The van der Waals surface area contributed by atoms with Crippen LogP contribution in [-0.4, -0.2) is 50.1 Å². The standard InChI is InChI=1S/C21H24N2O4/c1-26-17-8-9-18(19(14-17)27-2)21(25)23-12-10-16(11-13-23)22-20(24)15-6-4-3-5-7-15/h3-9,14,16H,10-13H2,1-2H3,(H,22,24). The molecule has 0 unspecified atom stereocenters. The van der Waals surface area contributed by atoms with Gasteiger partial charge in [0.15, 0.2) is 0 Å². The van der Waals surface area contributed by atoms with Gasteiger partial charge in [-0.1, -0.05) is 18.2 Å². The van der Waals surface area contributed by atoms with Crippen molar-refractivity contribution in [3.63, 3.8) is 0 Å². The Kier molecular flexibility index (Phi) is 5.96. The van der Waals surface area contributed by atoms with Crippen LogP contribution in [0.3, 0.4) is 0 Å². The van der Waals surface area contributed by atoms with Crippen molar-refractivity contribution in [3.8, 4) is 11.5 Å². The first-order valence-electron chi connectivity index (χ1n) is 8.99. The lowest BCUT2D eigenvalue weighted by Gasteiger charge is -2.32. The topological polar surface area (TPSA) is 67.9 Å². The molecule has 1 N–H and O–H groups in total. The fraction of sp³-hybridized carbons (Fsp3) is 0.333. The second-order valence-electron chi connectivity index (χ2n) is 6.47. The highest BCUT2D eigenvalue weighted by molar-refractivity contribution is 5.97. The molecule has 0 aliphatic carbocycles. The molecule has 3 rings (SSSR count). The molecular weight excluding hydrogens is 344 g/mol. The first kappa shape index (κ1) is 18.8. The quantitative estimate of drug-likeness (QED) is 0.881. The number of methoxy groups -OCH3 is 2. The average Bonchev–Trinajstić information content (AvgIpc) is 2.73. The van der Waals surface area contributed by atoms with E-state index in [0.29, 0.717) is 35.7 Å². The van der Waals surface area contributed by atoms with E-state index in [-0.39, 0.29) is 17.9 Å². The van der Waals surface area contributed by atoms with Gasteiger partial charge < -0.3 is 19.7 Å². The number of benzene rings is 2. The Hall–Kier alpha value is -3.02. The van der Waals surface area contributed by atoms with Gasteiger partial charge in [0, 0.05) is 30.8 Å². The van der Waals surface area contributed by atoms with Crippen molar-refractivity contribution in [2.45, 2.75) is 18.9 Å². The summed E-state index contributed by atoms with van der Waals surface area (Å²) in [6, 6.07) is 14.4. The SMILES string of the molecule is COc1ccc(C(=O)N2CCC(NC(=O)c3ccccc3)CC2)c(OC)c1. The lowest BCUT2D eigenvalue weighted by atomic mass is 10.0. The summed E-state index contributed by atoms with van der Waals surface area (Å²) in [6.07, 6.45) is 1.45. The molecule has 0 saturated carbocycles. The molecule has 1 saturated heterocycles. The number of nitrogens with zero attached hydrogens (tertiary/aromatic N) is 1. The van der Waals surface area contributed by atoms with Crippen LogP contribution < -0.4 is 14.8 Å². The van der Waals surface area contributed by atoms with Crippen LogP contribution in [0.1, 0.15) is 33.6 Å². The van der Waals surface area contributed by atoms with Crippen molar-refractivity contribution in [1.29, 1.82) is 0 Å². The highest BCUT2D eigenvalue weighted by atomic mass is 16.5. The summed E-state index contributed by atoms with van der Waals surface area (Å²) in [5.41, 5.74) is 1.17. The Morgan fingerprint density at radius 3 is 2.33 bits per heavy atom. The maximum atomic E-state index is 12.8. The first-order valence-corrected chi connectivity index (χ1v) is 8.99. The molecule has 2 aromatic rings. The monoisotopic (exact) mass is 368 g/mol. The van der Waals surface area contributed by atoms with Crippen molar-refractivity contribution < 1.29 is 19.1 Å². The van der Waals surface area contributed by atoms with Crippen LogP contribution in [0.15, 0.2) is 48.5 Å². The minimum absolute atomic E-state index is 0.0673. The Bertz CT molecular complexity index is 799. The number of hydrogen-bond acceptors (Lipinski definition) is 4. The third kappa shape index (κ3) is 4.39. The molecular formula is C21H24N2O4. The van der Waals surface area contributed by atoms with Gasteiger partial charge in [0.05, 0.1) is 19.8 Å². The second-order valence-corrected chi connectivity index (χ2v) is 6.47. The van der Waals surface area contributed by atoms with Crippen molar-refractivity contribution in [2.24, 2.45) is 0 Å². The van der Waals surface area contributed by atoms with Gasteiger partial charge in [-0.05, 0) is 37.1 Å². The van der Waals surface area contributed by atoms with Crippen molar-refractivity contribution in [1.82, 2.24) is 10.2 Å². The van der Waals surface area contributed by atoms with E-state index in [1.165, 1.54) is 7.11 Å². The molecule has 6 heteroatoms. The van der Waals surface area contributed by atoms with E-state index in [1.54, 1.807) is 42.3 Å². The van der Waals surface area contributed by atoms with Gasteiger partial charge in [-0.2, -0.15) is 0 Å². The average molecular weight is 368 g/mol. The van der Waals surface area contributed by atoms with Gasteiger partial charge in [0.2, 0.25) is 0 Å². The van der Waals surface area contributed by atoms with Crippen LogP contribution in [0, 0.1) is 0 Å². The number of carbonyl (C=O) groups is 2. The zero-order valence-electron chi connectivity index (χ0n) is 15.6. The van der Waals surface area contributed by atoms with Crippen molar-refractivity contribution in [3.05, 3.63) is 59.7 Å². The van der Waals surface area contributed by atoms with Crippen molar-refractivity contribution in [2.75, 3.05) is 27.3 Å². The molecule has 1 aliphatic heterocycles. The van der Waals surface area contributed by atoms with E-state index < -0.39 is 0 Å². The number of amides is 2. The van der Waals surface area contributed by atoms with Gasteiger partial charge in [0.25, 0.3) is 11.8 Å². The number of nitrogens with one attached hydrogen (secondary N) is 1. The summed E-state index contributed by atoms with van der Waals surface area (Å²) < 4.78 is 10.5. The van der Waals surface area contributed by atoms with Crippen molar-refractivity contribution >= 4 is 11.8 Å². The van der Waals surface area contributed by atoms with Crippen LogP contribution in [0.4, 0.5) is 0 Å². The van der Waals surface area contributed by atoms with E-state index in [0.717, 1.165) is 12.8 Å². The molecule has 6 nitrogen and oxygen atoms in total. The van der Waals surface area contributed by atoms with E-state index >= 15 is 0 Å². The Labute approximate surface area is 159 Å². The molecule has 0 aromatic heterocycles. The number of rotatable bonds is 5. The summed E-state index contributed by atoms with van der Waals surface area (Å²) in [4.78, 5) is 26.9. The number of ether oxygens (including phenoxy) is 2. The Morgan fingerprint density at radius 1 is 1.00 bits per heavy atom. The number of piperidine rings is 1. The molecule has 1 heterocycles. The molecule has 1 aliphatic rings. The summed E-state index contributed by atoms with van der Waals surface area (Å²) in [6.45, 7) is 1.18. The number of carbonyl (C=O) groups excluding carboxylic acids is 2. The highest BCUT2D eigenvalue weighted by Gasteiger charge is 2.26. The van der Waals surface area contributed by atoms with Crippen LogP contribution >= 0.6 is 0 Å². The largest absolute Gasteiger partial charge is 0.497 e. The van der Waals surface area contributed by atoms with Crippen LogP contribution in [0.2, 0.25) is 0 Å². The van der Waals surface area contributed by atoms with Gasteiger partial charge in [-0.25, -0.2) is 0 Å². The van der Waals surface area contributed by atoms with E-state index in [2.05, 4.69) is 5.32 Å². The lowest BCUT2D eigenvalue weighted by molar-refractivity contribution is 0.0695. The zero-order chi connectivity index (χ0) is 19.2. The molecule has 2 amide bonds. The highest BCUT2D eigenvalue weighted by Crippen LogP contribution is 2.26. The molecule has 0 bridgehead atoms. The predicted molar refractivity (Wildman–Crippen MR) is 102 cm³/mol. The molecule has 27 heavy (non-hydrogen) atoms. The van der Waals surface area contributed by atoms with Crippen LogP contribution in [0.25, 0.3) is 0 Å². The maximum absolute atomic E-state index is 12.8. The fourth-order valence-corrected chi connectivity index (χ4v) is 3.23. The zero-order valence-corrected chi connectivity index (χ0v) is 15.6. The van der Waals surface area contributed by atoms with Gasteiger partial charge in [0.1, 0.15) is 11.5 Å². The van der Waals surface area contributed by atoms with Gasteiger partial charge in [-0.3, -0.25) is 9.59 Å². The lowest BCUT2D eigenvalue weighted by Crippen LogP contribution is -2.46. The normalized spacial score (nSPS) is 14.5. The third-order valence-electron chi connectivity index (χ3n) is 4.79. The number of likely N-dealkylation sites (tertiary alicyclic amines) is 1. The second kappa shape index (κ2) is 8.58. The van der Waals surface area contributed by atoms with Crippen LogP contribution in [0.5, 0.6) is 11.5 Å². The van der Waals surface area contributed by atoms with Crippen LogP contribution in [-0.2, 0) is 0 Å².